The maximum Gasteiger partial charge on any atom is 0.303 e. The first kappa shape index (κ1) is 11.9. The van der Waals surface area contributed by atoms with Crippen molar-refractivity contribution >= 4 is 5.97 Å². The number of aliphatic carboxylic acids is 1. The van der Waals surface area contributed by atoms with E-state index in [0.717, 1.165) is 25.9 Å². The highest BCUT2D eigenvalue weighted by molar-refractivity contribution is 5.67. The highest BCUT2D eigenvalue weighted by Gasteiger charge is 2.37. The van der Waals surface area contributed by atoms with Gasteiger partial charge >= 0.3 is 5.97 Å². The van der Waals surface area contributed by atoms with E-state index in [1.165, 1.54) is 25.8 Å². The van der Waals surface area contributed by atoms with Gasteiger partial charge in [0.05, 0.1) is 0 Å². The first-order valence-corrected chi connectivity index (χ1v) is 6.52. The number of carbonyl (C=O) groups is 1. The molecule has 0 aromatic rings. The number of likely N-dealkylation sites (tertiary alicyclic amines) is 1. The van der Waals surface area contributed by atoms with Gasteiger partial charge in [-0.05, 0) is 63.1 Å². The van der Waals surface area contributed by atoms with Crippen molar-refractivity contribution in [3.05, 3.63) is 0 Å². The molecule has 16 heavy (non-hydrogen) atoms. The van der Waals surface area contributed by atoms with Crippen LogP contribution in [0.1, 0.15) is 45.4 Å². The highest BCUT2D eigenvalue weighted by Crippen LogP contribution is 2.48. The molecule has 1 aliphatic carbocycles. The summed E-state index contributed by atoms with van der Waals surface area (Å²) >= 11 is 0. The molecule has 1 heterocycles. The molecule has 2 aliphatic rings. The Morgan fingerprint density at radius 3 is 2.50 bits per heavy atom. The van der Waals surface area contributed by atoms with Crippen molar-refractivity contribution in [2.45, 2.75) is 45.4 Å². The molecule has 0 aromatic heterocycles. The van der Waals surface area contributed by atoms with E-state index in [9.17, 15) is 4.79 Å². The Morgan fingerprint density at radius 2 is 2.00 bits per heavy atom. The van der Waals surface area contributed by atoms with Gasteiger partial charge in [0.25, 0.3) is 0 Å². The summed E-state index contributed by atoms with van der Waals surface area (Å²) in [5, 5.41) is 8.74. The number of carboxylic acids is 1. The molecule has 1 aliphatic heterocycles. The third-order valence-electron chi connectivity index (χ3n) is 4.31. The topological polar surface area (TPSA) is 40.5 Å². The summed E-state index contributed by atoms with van der Waals surface area (Å²) in [6.45, 7) is 5.81. The molecule has 0 unspecified atom stereocenters. The lowest BCUT2D eigenvalue weighted by molar-refractivity contribution is -0.138. The lowest BCUT2D eigenvalue weighted by Crippen LogP contribution is -2.35. The van der Waals surface area contributed by atoms with E-state index in [-0.39, 0.29) is 0 Å². The second kappa shape index (κ2) is 4.74. The Morgan fingerprint density at radius 1 is 1.38 bits per heavy atom. The van der Waals surface area contributed by atoms with Gasteiger partial charge in [-0.2, -0.15) is 0 Å². The van der Waals surface area contributed by atoms with Crippen molar-refractivity contribution < 1.29 is 9.90 Å². The van der Waals surface area contributed by atoms with Crippen molar-refractivity contribution in [3.63, 3.8) is 0 Å². The minimum atomic E-state index is -0.635. The second-order valence-corrected chi connectivity index (χ2v) is 5.94. The molecule has 0 spiro atoms. The van der Waals surface area contributed by atoms with E-state index < -0.39 is 5.97 Å². The van der Waals surface area contributed by atoms with Crippen LogP contribution in [0, 0.1) is 11.3 Å². The van der Waals surface area contributed by atoms with Gasteiger partial charge in [-0.25, -0.2) is 0 Å². The van der Waals surface area contributed by atoms with Crippen molar-refractivity contribution in [1.82, 2.24) is 4.90 Å². The summed E-state index contributed by atoms with van der Waals surface area (Å²) < 4.78 is 0. The van der Waals surface area contributed by atoms with Gasteiger partial charge in [0.15, 0.2) is 0 Å². The summed E-state index contributed by atoms with van der Waals surface area (Å²) in [7, 11) is 0. The van der Waals surface area contributed by atoms with Gasteiger partial charge in [-0.3, -0.25) is 4.79 Å². The van der Waals surface area contributed by atoms with Crippen LogP contribution in [0.3, 0.4) is 0 Å². The molecule has 0 atom stereocenters. The van der Waals surface area contributed by atoms with Crippen LogP contribution < -0.4 is 0 Å². The second-order valence-electron chi connectivity index (χ2n) is 5.94. The van der Waals surface area contributed by atoms with Crippen LogP contribution in [-0.4, -0.2) is 35.6 Å². The van der Waals surface area contributed by atoms with E-state index in [2.05, 4.69) is 11.8 Å². The molecule has 0 aromatic carbocycles. The van der Waals surface area contributed by atoms with Gasteiger partial charge < -0.3 is 10.0 Å². The Labute approximate surface area is 97.8 Å². The third kappa shape index (κ3) is 3.48. The molecule has 1 N–H and O–H groups in total. The Balaban J connectivity index is 1.63. The number of rotatable bonds is 5. The molecule has 3 heteroatoms. The van der Waals surface area contributed by atoms with Crippen molar-refractivity contribution in [2.75, 3.05) is 19.6 Å². The SMILES string of the molecule is CC1(CCN2CCC(CC(=O)O)CC2)CC1. The lowest BCUT2D eigenvalue weighted by Gasteiger charge is -2.31. The third-order valence-corrected chi connectivity index (χ3v) is 4.31. The molecular weight excluding hydrogens is 202 g/mol. The van der Waals surface area contributed by atoms with E-state index in [0.29, 0.717) is 17.8 Å². The van der Waals surface area contributed by atoms with Crippen LogP contribution >= 0.6 is 0 Å². The average Bonchev–Trinajstić information content (AvgIpc) is 2.96. The summed E-state index contributed by atoms with van der Waals surface area (Å²) in [5.41, 5.74) is 0.651. The van der Waals surface area contributed by atoms with Crippen molar-refractivity contribution in [3.8, 4) is 0 Å². The summed E-state index contributed by atoms with van der Waals surface area (Å²) in [6, 6.07) is 0. The zero-order valence-electron chi connectivity index (χ0n) is 10.2. The summed E-state index contributed by atoms with van der Waals surface area (Å²) in [5.74, 6) is -0.214. The molecule has 0 bridgehead atoms. The predicted octanol–water partition coefficient (Wildman–Crippen LogP) is 2.36. The van der Waals surface area contributed by atoms with Gasteiger partial charge in [0.1, 0.15) is 0 Å². The smallest absolute Gasteiger partial charge is 0.303 e. The van der Waals surface area contributed by atoms with Gasteiger partial charge in [-0.1, -0.05) is 6.92 Å². The molecule has 1 saturated carbocycles. The predicted molar refractivity (Wildman–Crippen MR) is 63.4 cm³/mol. The van der Waals surface area contributed by atoms with Crippen LogP contribution in [0.4, 0.5) is 0 Å². The van der Waals surface area contributed by atoms with Crippen molar-refractivity contribution in [1.29, 1.82) is 0 Å². The van der Waals surface area contributed by atoms with E-state index in [1.807, 2.05) is 0 Å². The molecular formula is C13H23NO2. The number of piperidine rings is 1. The minimum Gasteiger partial charge on any atom is -0.481 e. The van der Waals surface area contributed by atoms with E-state index in [1.54, 1.807) is 0 Å². The van der Waals surface area contributed by atoms with Crippen molar-refractivity contribution in [2.24, 2.45) is 11.3 Å². The fourth-order valence-electron chi connectivity index (χ4n) is 2.55. The quantitative estimate of drug-likeness (QED) is 0.781. The Hall–Kier alpha value is -0.570. The number of carboxylic acid groups (broad SMARTS) is 1. The molecule has 2 fully saturated rings. The molecule has 1 saturated heterocycles. The molecule has 2 rings (SSSR count). The normalized spacial score (nSPS) is 25.6. The number of hydrogen-bond donors (Lipinski definition) is 1. The van der Waals surface area contributed by atoms with Gasteiger partial charge in [0, 0.05) is 6.42 Å². The first-order chi connectivity index (χ1) is 7.57. The van der Waals surface area contributed by atoms with Crippen LogP contribution in [0.25, 0.3) is 0 Å². The van der Waals surface area contributed by atoms with Crippen LogP contribution in [0.5, 0.6) is 0 Å². The minimum absolute atomic E-state index is 0.367. The average molecular weight is 225 g/mol. The number of hydrogen-bond acceptors (Lipinski definition) is 2. The lowest BCUT2D eigenvalue weighted by atomic mass is 9.93. The summed E-state index contributed by atoms with van der Waals surface area (Å²) in [4.78, 5) is 13.1. The summed E-state index contributed by atoms with van der Waals surface area (Å²) in [6.07, 6.45) is 6.65. The fourth-order valence-corrected chi connectivity index (χ4v) is 2.55. The Bertz CT molecular complexity index is 253. The fraction of sp³-hybridized carbons (Fsp3) is 0.923. The maximum atomic E-state index is 10.6. The van der Waals surface area contributed by atoms with Gasteiger partial charge in [0.2, 0.25) is 0 Å². The maximum absolute atomic E-state index is 10.6. The monoisotopic (exact) mass is 225 g/mol. The zero-order chi connectivity index (χ0) is 11.6. The van der Waals surface area contributed by atoms with E-state index >= 15 is 0 Å². The van der Waals surface area contributed by atoms with E-state index in [4.69, 9.17) is 5.11 Å². The molecule has 0 amide bonds. The molecule has 3 nitrogen and oxygen atoms in total. The first-order valence-electron chi connectivity index (χ1n) is 6.52. The number of nitrogens with zero attached hydrogens (tertiary/aromatic N) is 1. The van der Waals surface area contributed by atoms with Crippen LogP contribution in [0.2, 0.25) is 0 Å². The van der Waals surface area contributed by atoms with Crippen LogP contribution in [-0.2, 0) is 4.79 Å². The van der Waals surface area contributed by atoms with Crippen LogP contribution in [0.15, 0.2) is 0 Å². The largest absolute Gasteiger partial charge is 0.481 e. The molecule has 0 radical (unpaired) electrons. The van der Waals surface area contributed by atoms with Gasteiger partial charge in [-0.15, -0.1) is 0 Å². The highest BCUT2D eigenvalue weighted by atomic mass is 16.4. The Kier molecular flexibility index (Phi) is 3.53. The zero-order valence-corrected chi connectivity index (χ0v) is 10.2. The standard InChI is InChI=1S/C13H23NO2/c1-13(4-5-13)6-9-14-7-2-11(3-8-14)10-12(15)16/h11H,2-10H2,1H3,(H,15,16). The molecule has 92 valence electrons.